The highest BCUT2D eigenvalue weighted by molar-refractivity contribution is 5.66. The zero-order chi connectivity index (χ0) is 21.0. The van der Waals surface area contributed by atoms with Crippen LogP contribution in [-0.4, -0.2) is 67.4 Å². The van der Waals surface area contributed by atoms with Crippen LogP contribution in [0.1, 0.15) is 43.6 Å². The summed E-state index contributed by atoms with van der Waals surface area (Å²) < 4.78 is 5.89. The molecule has 1 atom stereocenters. The highest BCUT2D eigenvalue weighted by atomic mass is 16.5. The third-order valence-corrected chi connectivity index (χ3v) is 7.12. The third kappa shape index (κ3) is 4.72. The van der Waals surface area contributed by atoms with Gasteiger partial charge < -0.3 is 19.6 Å². The van der Waals surface area contributed by atoms with E-state index in [9.17, 15) is 5.11 Å². The van der Waals surface area contributed by atoms with Crippen molar-refractivity contribution in [2.75, 3.05) is 46.9 Å². The van der Waals surface area contributed by atoms with E-state index in [1.165, 1.54) is 12.0 Å². The first-order chi connectivity index (χ1) is 14.6. The number of benzene rings is 2. The standard InChI is InChI=1S/C26H36N2O2/c1-27-15-17-28(18-16-27)20-24(26(29)13-7-4-8-14-26)23-12-11-22(19-25(23)30-2)21-9-5-3-6-10-21/h3,5-6,9-12,19,24,29H,4,7-8,13-18,20H2,1-2H3. The van der Waals surface area contributed by atoms with E-state index in [4.69, 9.17) is 4.74 Å². The lowest BCUT2D eigenvalue weighted by Gasteiger charge is -2.43. The molecule has 1 aliphatic heterocycles. The topological polar surface area (TPSA) is 35.9 Å². The summed E-state index contributed by atoms with van der Waals surface area (Å²) >= 11 is 0. The lowest BCUT2D eigenvalue weighted by atomic mass is 9.72. The maximum absolute atomic E-state index is 11.8. The van der Waals surface area contributed by atoms with E-state index < -0.39 is 5.60 Å². The molecule has 4 nitrogen and oxygen atoms in total. The van der Waals surface area contributed by atoms with Crippen molar-refractivity contribution in [2.24, 2.45) is 0 Å². The Morgan fingerprint density at radius 1 is 0.933 bits per heavy atom. The predicted molar refractivity (Wildman–Crippen MR) is 123 cm³/mol. The maximum Gasteiger partial charge on any atom is 0.123 e. The monoisotopic (exact) mass is 408 g/mol. The Morgan fingerprint density at radius 3 is 2.30 bits per heavy atom. The van der Waals surface area contributed by atoms with Crippen molar-refractivity contribution in [3.05, 3.63) is 54.1 Å². The zero-order valence-electron chi connectivity index (χ0n) is 18.5. The van der Waals surface area contributed by atoms with Crippen molar-refractivity contribution < 1.29 is 9.84 Å². The molecule has 4 rings (SSSR count). The molecular formula is C26H36N2O2. The SMILES string of the molecule is COc1cc(-c2ccccc2)ccc1C(CN1CCN(C)CC1)C1(O)CCCCC1. The number of hydrogen-bond donors (Lipinski definition) is 1. The predicted octanol–water partition coefficient (Wildman–Crippen LogP) is 4.39. The highest BCUT2D eigenvalue weighted by Gasteiger charge is 2.41. The molecule has 30 heavy (non-hydrogen) atoms. The van der Waals surface area contributed by atoms with Gasteiger partial charge in [0.05, 0.1) is 12.7 Å². The molecule has 1 N–H and O–H groups in total. The second-order valence-electron chi connectivity index (χ2n) is 9.14. The van der Waals surface area contributed by atoms with Crippen molar-refractivity contribution in [1.29, 1.82) is 0 Å². The smallest absolute Gasteiger partial charge is 0.123 e. The molecule has 0 spiro atoms. The summed E-state index contributed by atoms with van der Waals surface area (Å²) in [6, 6.07) is 17.0. The van der Waals surface area contributed by atoms with Gasteiger partial charge in [0.1, 0.15) is 5.75 Å². The highest BCUT2D eigenvalue weighted by Crippen LogP contribution is 2.44. The lowest BCUT2D eigenvalue weighted by molar-refractivity contribution is -0.0342. The second kappa shape index (κ2) is 9.51. The Kier molecular flexibility index (Phi) is 6.77. The molecule has 2 fully saturated rings. The molecule has 1 heterocycles. The Bertz CT molecular complexity index is 809. The Labute approximate surface area is 181 Å². The van der Waals surface area contributed by atoms with Gasteiger partial charge in [-0.15, -0.1) is 0 Å². The molecule has 0 radical (unpaired) electrons. The van der Waals surface area contributed by atoms with Gasteiger partial charge in [0, 0.05) is 44.2 Å². The summed E-state index contributed by atoms with van der Waals surface area (Å²) in [7, 11) is 3.94. The number of piperazine rings is 1. The minimum atomic E-state index is -0.650. The summed E-state index contributed by atoms with van der Waals surface area (Å²) in [5, 5.41) is 11.8. The van der Waals surface area contributed by atoms with E-state index in [-0.39, 0.29) is 5.92 Å². The van der Waals surface area contributed by atoms with Gasteiger partial charge >= 0.3 is 0 Å². The average molecular weight is 409 g/mol. The number of rotatable bonds is 6. The van der Waals surface area contributed by atoms with E-state index >= 15 is 0 Å². The van der Waals surface area contributed by atoms with Gasteiger partial charge in [0.25, 0.3) is 0 Å². The fourth-order valence-corrected chi connectivity index (χ4v) is 5.17. The minimum absolute atomic E-state index is 0.0704. The largest absolute Gasteiger partial charge is 0.496 e. The van der Waals surface area contributed by atoms with Gasteiger partial charge in [-0.2, -0.15) is 0 Å². The van der Waals surface area contributed by atoms with E-state index in [1.54, 1.807) is 7.11 Å². The Hall–Kier alpha value is -1.88. The van der Waals surface area contributed by atoms with Crippen LogP contribution in [0.3, 0.4) is 0 Å². The Morgan fingerprint density at radius 2 is 1.63 bits per heavy atom. The summed E-state index contributed by atoms with van der Waals surface area (Å²) in [4.78, 5) is 4.91. The van der Waals surface area contributed by atoms with Crippen LogP contribution in [0.25, 0.3) is 11.1 Å². The molecular weight excluding hydrogens is 372 g/mol. The third-order valence-electron chi connectivity index (χ3n) is 7.12. The zero-order valence-corrected chi connectivity index (χ0v) is 18.5. The fourth-order valence-electron chi connectivity index (χ4n) is 5.17. The summed E-state index contributed by atoms with van der Waals surface area (Å²) in [5.74, 6) is 0.968. The Balaban J connectivity index is 1.67. The lowest BCUT2D eigenvalue weighted by Crippen LogP contribution is -2.50. The second-order valence-corrected chi connectivity index (χ2v) is 9.14. The van der Waals surface area contributed by atoms with Crippen LogP contribution in [0.15, 0.2) is 48.5 Å². The van der Waals surface area contributed by atoms with Crippen molar-refractivity contribution in [3.63, 3.8) is 0 Å². The first kappa shape index (κ1) is 21.4. The first-order valence-corrected chi connectivity index (χ1v) is 11.5. The van der Waals surface area contributed by atoms with Crippen molar-refractivity contribution in [1.82, 2.24) is 9.80 Å². The van der Waals surface area contributed by atoms with Crippen LogP contribution in [0.4, 0.5) is 0 Å². The molecule has 4 heteroatoms. The molecule has 2 aromatic carbocycles. The fraction of sp³-hybridized carbons (Fsp3) is 0.538. The molecule has 1 aliphatic carbocycles. The molecule has 1 unspecified atom stereocenters. The van der Waals surface area contributed by atoms with Gasteiger partial charge in [-0.1, -0.05) is 61.7 Å². The van der Waals surface area contributed by atoms with Crippen LogP contribution < -0.4 is 4.74 Å². The quantitative estimate of drug-likeness (QED) is 0.769. The van der Waals surface area contributed by atoms with Gasteiger partial charge in [-0.25, -0.2) is 0 Å². The van der Waals surface area contributed by atoms with E-state index in [0.29, 0.717) is 0 Å². The number of nitrogens with zero attached hydrogens (tertiary/aromatic N) is 2. The van der Waals surface area contributed by atoms with Crippen molar-refractivity contribution >= 4 is 0 Å². The minimum Gasteiger partial charge on any atom is -0.496 e. The van der Waals surface area contributed by atoms with Crippen LogP contribution in [-0.2, 0) is 0 Å². The van der Waals surface area contributed by atoms with Gasteiger partial charge in [0.15, 0.2) is 0 Å². The van der Waals surface area contributed by atoms with Gasteiger partial charge in [0.2, 0.25) is 0 Å². The molecule has 0 aromatic heterocycles. The number of likely N-dealkylation sites (N-methyl/N-ethyl adjacent to an activating group) is 1. The summed E-state index contributed by atoms with van der Waals surface area (Å²) in [6.07, 6.45) is 5.22. The van der Waals surface area contributed by atoms with Crippen molar-refractivity contribution in [3.8, 4) is 16.9 Å². The molecule has 0 bridgehead atoms. The molecule has 2 aliphatic rings. The summed E-state index contributed by atoms with van der Waals surface area (Å²) in [5.41, 5.74) is 2.85. The van der Waals surface area contributed by atoms with Crippen molar-refractivity contribution in [2.45, 2.75) is 43.6 Å². The maximum atomic E-state index is 11.8. The molecule has 1 saturated heterocycles. The van der Waals surface area contributed by atoms with Gasteiger partial charge in [-0.05, 0) is 37.1 Å². The van der Waals surface area contributed by atoms with E-state index in [1.807, 2.05) is 6.07 Å². The molecule has 0 amide bonds. The van der Waals surface area contributed by atoms with Gasteiger partial charge in [-0.3, -0.25) is 0 Å². The molecule has 1 saturated carbocycles. The average Bonchev–Trinajstić information content (AvgIpc) is 2.79. The van der Waals surface area contributed by atoms with Crippen LogP contribution >= 0.6 is 0 Å². The number of ether oxygens (including phenoxy) is 1. The van der Waals surface area contributed by atoms with Crippen LogP contribution in [0.2, 0.25) is 0 Å². The van der Waals surface area contributed by atoms with E-state index in [2.05, 4.69) is 59.3 Å². The van der Waals surface area contributed by atoms with Crippen LogP contribution in [0.5, 0.6) is 5.75 Å². The van der Waals surface area contributed by atoms with E-state index in [0.717, 1.165) is 75.3 Å². The normalized spacial score (nSPS) is 21.3. The molecule has 162 valence electrons. The number of aliphatic hydroxyl groups is 1. The number of hydrogen-bond acceptors (Lipinski definition) is 4. The molecule has 2 aromatic rings. The summed E-state index contributed by atoms with van der Waals surface area (Å²) in [6.45, 7) is 5.21. The van der Waals surface area contributed by atoms with Crippen LogP contribution in [0, 0.1) is 0 Å². The first-order valence-electron chi connectivity index (χ1n) is 11.5. The number of methoxy groups -OCH3 is 1.